The predicted molar refractivity (Wildman–Crippen MR) is 96.9 cm³/mol. The van der Waals surface area contributed by atoms with E-state index in [9.17, 15) is 0 Å². The van der Waals surface area contributed by atoms with Crippen molar-refractivity contribution in [2.75, 3.05) is 0 Å². The van der Waals surface area contributed by atoms with E-state index in [1.54, 1.807) is 0 Å². The Bertz CT molecular complexity index is 544. The van der Waals surface area contributed by atoms with Crippen LogP contribution in [-0.2, 0) is 18.0 Å². The van der Waals surface area contributed by atoms with Crippen molar-refractivity contribution in [3.05, 3.63) is 91.0 Å². The Morgan fingerprint density at radius 3 is 0.955 bits per heavy atom. The fraction of sp³-hybridized carbons (Fsp3) is 0.100. The SMILES string of the molecule is [CH3][Pd][CH3].c1ccc(P(c2ccccc2)c2ccccc2)cc1. The maximum atomic E-state index is 2.23. The van der Waals surface area contributed by atoms with E-state index >= 15 is 0 Å². The Morgan fingerprint density at radius 1 is 0.500 bits per heavy atom. The maximum absolute atomic E-state index is 2.23. The molecule has 3 aromatic rings. The molecule has 3 rings (SSSR count). The van der Waals surface area contributed by atoms with Gasteiger partial charge >= 0.3 is 28.8 Å². The largest absolute Gasteiger partial charge is 0.0622 e. The molecule has 22 heavy (non-hydrogen) atoms. The fourth-order valence-electron chi connectivity index (χ4n) is 2.18. The molecule has 0 saturated heterocycles. The van der Waals surface area contributed by atoms with E-state index in [-0.39, 0.29) is 0 Å². The van der Waals surface area contributed by atoms with Crippen molar-refractivity contribution < 1.29 is 18.0 Å². The molecule has 0 fully saturated rings. The summed E-state index contributed by atoms with van der Waals surface area (Å²) in [4.78, 5) is 0. The summed E-state index contributed by atoms with van der Waals surface area (Å²) in [6.07, 6.45) is 0. The molecule has 0 amide bonds. The third-order valence-corrected chi connectivity index (χ3v) is 5.49. The van der Waals surface area contributed by atoms with Gasteiger partial charge in [0.25, 0.3) is 0 Å². The number of benzene rings is 3. The van der Waals surface area contributed by atoms with Crippen molar-refractivity contribution in [2.24, 2.45) is 0 Å². The van der Waals surface area contributed by atoms with Crippen molar-refractivity contribution in [1.82, 2.24) is 0 Å². The molecule has 2 heteroatoms. The Balaban J connectivity index is 0.000000545. The van der Waals surface area contributed by atoms with Gasteiger partial charge in [-0.3, -0.25) is 0 Å². The molecule has 0 aliphatic heterocycles. The molecule has 0 aromatic heterocycles. The zero-order valence-corrected chi connectivity index (χ0v) is 15.4. The summed E-state index contributed by atoms with van der Waals surface area (Å²) in [5.41, 5.74) is 0. The first-order valence-corrected chi connectivity index (χ1v) is 11.5. The molecule has 0 bridgehead atoms. The van der Waals surface area contributed by atoms with Crippen molar-refractivity contribution >= 4 is 23.8 Å². The van der Waals surface area contributed by atoms with E-state index in [0.29, 0.717) is 0 Å². The minimum absolute atomic E-state index is 0.446. The summed E-state index contributed by atoms with van der Waals surface area (Å²) >= 11 is 0.950. The molecule has 116 valence electrons. The van der Waals surface area contributed by atoms with Crippen LogP contribution >= 0.6 is 7.92 Å². The van der Waals surface area contributed by atoms with Crippen LogP contribution in [0.15, 0.2) is 91.0 Å². The Labute approximate surface area is 143 Å². The van der Waals surface area contributed by atoms with Crippen LogP contribution in [0.1, 0.15) is 0 Å². The molecule has 0 N–H and O–H groups in total. The quantitative estimate of drug-likeness (QED) is 0.446. The second kappa shape index (κ2) is 9.71. The molecule has 0 atom stereocenters. The van der Waals surface area contributed by atoms with E-state index in [1.807, 2.05) is 0 Å². The molecule has 0 aliphatic carbocycles. The summed E-state index contributed by atoms with van der Waals surface area (Å²) in [7, 11) is -0.446. The van der Waals surface area contributed by atoms with Crippen LogP contribution in [0.3, 0.4) is 0 Å². The van der Waals surface area contributed by atoms with Gasteiger partial charge in [-0.25, -0.2) is 0 Å². The first kappa shape index (κ1) is 17.1. The van der Waals surface area contributed by atoms with Crippen molar-refractivity contribution in [1.29, 1.82) is 0 Å². The smallest absolute Gasteiger partial charge is 0.0134 e. The normalized spacial score (nSPS) is 10.1. The molecule has 0 radical (unpaired) electrons. The van der Waals surface area contributed by atoms with Gasteiger partial charge in [0.15, 0.2) is 0 Å². The number of hydrogen-bond donors (Lipinski definition) is 0. The van der Waals surface area contributed by atoms with Gasteiger partial charge < -0.3 is 0 Å². The van der Waals surface area contributed by atoms with E-state index in [1.165, 1.54) is 15.9 Å². The number of hydrogen-bond acceptors (Lipinski definition) is 0. The van der Waals surface area contributed by atoms with Crippen LogP contribution < -0.4 is 15.9 Å². The van der Waals surface area contributed by atoms with Crippen molar-refractivity contribution in [3.8, 4) is 0 Å². The molecular formula is C20H21PPd. The van der Waals surface area contributed by atoms with Crippen LogP contribution in [0.4, 0.5) is 0 Å². The van der Waals surface area contributed by atoms with Gasteiger partial charge in [-0.15, -0.1) is 0 Å². The van der Waals surface area contributed by atoms with Gasteiger partial charge in [-0.1, -0.05) is 91.0 Å². The average Bonchev–Trinajstić information content (AvgIpc) is 2.59. The summed E-state index contributed by atoms with van der Waals surface area (Å²) < 4.78 is 0. The van der Waals surface area contributed by atoms with E-state index < -0.39 is 7.92 Å². The minimum Gasteiger partial charge on any atom is -0.0622 e. The molecule has 0 saturated carbocycles. The fourth-order valence-corrected chi connectivity index (χ4v) is 4.48. The summed E-state index contributed by atoms with van der Waals surface area (Å²) in [6.45, 7) is 0. The van der Waals surface area contributed by atoms with Gasteiger partial charge in [-0.05, 0) is 23.8 Å². The number of rotatable bonds is 3. The predicted octanol–water partition coefficient (Wildman–Crippen LogP) is 4.61. The third-order valence-electron chi connectivity index (χ3n) is 3.04. The van der Waals surface area contributed by atoms with Gasteiger partial charge in [0, 0.05) is 0 Å². The second-order valence-electron chi connectivity index (χ2n) is 4.66. The first-order chi connectivity index (χ1) is 10.9. The molecule has 0 heterocycles. The molecule has 0 unspecified atom stereocenters. The maximum Gasteiger partial charge on any atom is -0.0134 e. The van der Waals surface area contributed by atoms with Gasteiger partial charge in [-0.2, -0.15) is 0 Å². The summed E-state index contributed by atoms with van der Waals surface area (Å²) in [5.74, 6) is 0. The molecule has 3 aromatic carbocycles. The topological polar surface area (TPSA) is 0 Å². The van der Waals surface area contributed by atoms with Gasteiger partial charge in [0.2, 0.25) is 0 Å². The molecule has 0 spiro atoms. The van der Waals surface area contributed by atoms with Crippen LogP contribution in [0.5, 0.6) is 0 Å². The Morgan fingerprint density at radius 2 is 0.727 bits per heavy atom. The van der Waals surface area contributed by atoms with Crippen LogP contribution in [0.25, 0.3) is 0 Å². The zero-order chi connectivity index (χ0) is 15.6. The zero-order valence-electron chi connectivity index (χ0n) is 12.9. The van der Waals surface area contributed by atoms with Gasteiger partial charge in [0.1, 0.15) is 0 Å². The van der Waals surface area contributed by atoms with E-state index in [0.717, 1.165) is 18.0 Å². The first-order valence-electron chi connectivity index (χ1n) is 7.04. The summed E-state index contributed by atoms with van der Waals surface area (Å²) in [6, 6.07) is 32.3. The van der Waals surface area contributed by atoms with E-state index in [4.69, 9.17) is 0 Å². The monoisotopic (exact) mass is 398 g/mol. The molecule has 0 nitrogen and oxygen atoms in total. The average molecular weight is 399 g/mol. The van der Waals surface area contributed by atoms with E-state index in [2.05, 4.69) is 102 Å². The molecular weight excluding hydrogens is 378 g/mol. The second-order valence-corrected chi connectivity index (χ2v) is 8.43. The minimum atomic E-state index is -0.446. The molecule has 0 aliphatic rings. The Hall–Kier alpha value is -1.25. The van der Waals surface area contributed by atoms with Gasteiger partial charge in [0.05, 0.1) is 0 Å². The van der Waals surface area contributed by atoms with Crippen LogP contribution in [-0.4, -0.2) is 0 Å². The van der Waals surface area contributed by atoms with Crippen molar-refractivity contribution in [3.63, 3.8) is 0 Å². The standard InChI is InChI=1S/C18H15P.2CH3.Pd/c1-4-10-16(11-5-1)19(17-12-6-2-7-13-17)18-14-8-3-9-15-18;;;/h1-15H;2*1H3;. The Kier molecular flexibility index (Phi) is 7.55. The van der Waals surface area contributed by atoms with Crippen molar-refractivity contribution in [2.45, 2.75) is 10.8 Å². The third kappa shape index (κ3) is 4.89. The summed E-state index contributed by atoms with van der Waals surface area (Å²) in [5, 5.41) is 8.54. The van der Waals surface area contributed by atoms with Crippen LogP contribution in [0.2, 0.25) is 10.8 Å². The van der Waals surface area contributed by atoms with Crippen LogP contribution in [0, 0.1) is 0 Å².